The van der Waals surface area contributed by atoms with Gasteiger partial charge in [-0.25, -0.2) is 0 Å². The van der Waals surface area contributed by atoms with E-state index in [1.165, 1.54) is 24.4 Å². The highest BCUT2D eigenvalue weighted by molar-refractivity contribution is 5.20. The van der Waals surface area contributed by atoms with Gasteiger partial charge in [-0.2, -0.15) is 0 Å². The highest BCUT2D eigenvalue weighted by Crippen LogP contribution is 2.04. The summed E-state index contributed by atoms with van der Waals surface area (Å²) in [6.07, 6.45) is 1.44. The third kappa shape index (κ3) is 2.96. The lowest BCUT2D eigenvalue weighted by molar-refractivity contribution is 0.227. The Kier molecular flexibility index (Phi) is 4.29. The highest BCUT2D eigenvalue weighted by Gasteiger charge is 2.14. The van der Waals surface area contributed by atoms with Crippen LogP contribution in [0.5, 0.6) is 5.75 Å². The standard InChI is InChI=1S/C9H12N4O3/c1-16-9-5-11-7(4-8(9)15)6-13(12-10)2-3-14/h4-5,14H,2-3,6H2,1H3/p+1. The van der Waals surface area contributed by atoms with Crippen molar-refractivity contribution in [3.8, 4) is 5.75 Å². The summed E-state index contributed by atoms with van der Waals surface area (Å²) in [5, 5.41) is 21.5. The molecule has 0 fully saturated rings. The average Bonchev–Trinajstić information content (AvgIpc) is 2.28. The van der Waals surface area contributed by atoms with Crippen LogP contribution in [0.3, 0.4) is 0 Å². The number of rotatable bonds is 5. The normalized spacial score (nSPS) is 9.56. The van der Waals surface area contributed by atoms with Crippen LogP contribution in [0.15, 0.2) is 17.1 Å². The van der Waals surface area contributed by atoms with Gasteiger partial charge in [-0.1, -0.05) is 0 Å². The van der Waals surface area contributed by atoms with Gasteiger partial charge in [0.15, 0.2) is 5.75 Å². The topological polar surface area (TPSA) is 93.7 Å². The van der Waals surface area contributed by atoms with Crippen LogP contribution in [0.4, 0.5) is 0 Å². The number of methoxy groups -OCH3 is 1. The van der Waals surface area contributed by atoms with E-state index in [0.29, 0.717) is 5.69 Å². The first-order valence-electron chi connectivity index (χ1n) is 4.67. The molecule has 1 rings (SSSR count). The highest BCUT2D eigenvalue weighted by atomic mass is 16.5. The van der Waals surface area contributed by atoms with Crippen molar-refractivity contribution in [2.24, 2.45) is 0 Å². The van der Waals surface area contributed by atoms with Crippen LogP contribution in [0.25, 0.3) is 5.08 Å². The lowest BCUT2D eigenvalue weighted by atomic mass is 10.3. The number of hydrogen-bond donors (Lipinski definition) is 2. The van der Waals surface area contributed by atoms with Crippen LogP contribution >= 0.6 is 0 Å². The molecule has 0 atom stereocenters. The summed E-state index contributed by atoms with van der Waals surface area (Å²) in [6, 6.07) is 1.36. The van der Waals surface area contributed by atoms with E-state index in [9.17, 15) is 4.79 Å². The first-order valence-corrected chi connectivity index (χ1v) is 4.67. The molecule has 0 radical (unpaired) electrons. The molecular weight excluding hydrogens is 212 g/mol. The fourth-order valence-corrected chi connectivity index (χ4v) is 1.22. The van der Waals surface area contributed by atoms with Gasteiger partial charge in [-0.3, -0.25) is 4.79 Å². The van der Waals surface area contributed by atoms with Gasteiger partial charge in [0.2, 0.25) is 5.43 Å². The lowest BCUT2D eigenvalue weighted by Gasteiger charge is -2.04. The van der Waals surface area contributed by atoms with E-state index < -0.39 is 0 Å². The molecule has 1 heterocycles. The summed E-state index contributed by atoms with van der Waals surface area (Å²) in [5.41, 5.74) is 0.315. The van der Waals surface area contributed by atoms with Gasteiger partial charge in [-0.05, 0) is 5.01 Å². The van der Waals surface area contributed by atoms with Gasteiger partial charge in [0.25, 0.3) is 5.39 Å². The fraction of sp³-hybridized carbons (Fsp3) is 0.444. The molecular formula is C9H13N4O3+. The number of H-pyrrole nitrogens is 1. The number of aromatic nitrogens is 1. The second kappa shape index (κ2) is 5.72. The third-order valence-electron chi connectivity index (χ3n) is 1.99. The third-order valence-corrected chi connectivity index (χ3v) is 1.99. The number of aliphatic hydroxyl groups excluding tert-OH is 1. The molecule has 86 valence electrons. The zero-order valence-corrected chi connectivity index (χ0v) is 8.88. The van der Waals surface area contributed by atoms with E-state index in [-0.39, 0.29) is 30.9 Å². The van der Waals surface area contributed by atoms with Gasteiger partial charge in [-0.15, -0.1) is 0 Å². The number of diazo groups is 1. The maximum atomic E-state index is 11.4. The first-order chi connectivity index (χ1) is 7.71. The lowest BCUT2D eigenvalue weighted by Crippen LogP contribution is -2.20. The molecule has 0 aliphatic rings. The maximum absolute atomic E-state index is 11.4. The largest absolute Gasteiger partial charge is 0.491 e. The number of ether oxygens (including phenoxy) is 1. The Morgan fingerprint density at radius 1 is 1.69 bits per heavy atom. The molecule has 1 aromatic rings. The van der Waals surface area contributed by atoms with E-state index in [4.69, 9.17) is 15.2 Å². The van der Waals surface area contributed by atoms with Crippen molar-refractivity contribution in [1.82, 2.24) is 9.99 Å². The van der Waals surface area contributed by atoms with Crippen molar-refractivity contribution in [1.29, 1.82) is 5.39 Å². The minimum atomic E-state index is -0.252. The van der Waals surface area contributed by atoms with Crippen molar-refractivity contribution >= 4 is 0 Å². The molecule has 0 saturated carbocycles. The van der Waals surface area contributed by atoms with Crippen LogP contribution < -0.4 is 10.2 Å². The number of hydrogen-bond acceptors (Lipinski definition) is 5. The first kappa shape index (κ1) is 12.0. The molecule has 0 unspecified atom stereocenters. The number of aromatic amines is 1. The summed E-state index contributed by atoms with van der Waals surface area (Å²) in [5.74, 6) is 0.221. The summed E-state index contributed by atoms with van der Waals surface area (Å²) in [4.78, 5) is 14.2. The van der Waals surface area contributed by atoms with Crippen LogP contribution in [0.1, 0.15) is 5.69 Å². The Morgan fingerprint density at radius 2 is 2.44 bits per heavy atom. The molecule has 7 heteroatoms. The molecule has 7 nitrogen and oxygen atoms in total. The van der Waals surface area contributed by atoms with Gasteiger partial charge in [0.05, 0.1) is 13.7 Å². The van der Waals surface area contributed by atoms with Gasteiger partial charge < -0.3 is 14.8 Å². The summed E-state index contributed by atoms with van der Waals surface area (Å²) in [7, 11) is 1.41. The molecule has 0 aliphatic heterocycles. The fourth-order valence-electron chi connectivity index (χ4n) is 1.22. The van der Waals surface area contributed by atoms with Gasteiger partial charge >= 0.3 is 5.08 Å². The second-order valence-electron chi connectivity index (χ2n) is 3.09. The van der Waals surface area contributed by atoms with Crippen molar-refractivity contribution < 1.29 is 9.84 Å². The Hall–Kier alpha value is -2.07. The zero-order chi connectivity index (χ0) is 12.0. The van der Waals surface area contributed by atoms with Crippen molar-refractivity contribution in [2.75, 3.05) is 20.3 Å². The maximum Gasteiger partial charge on any atom is 0.305 e. The molecule has 0 bridgehead atoms. The van der Waals surface area contributed by atoms with E-state index in [2.05, 4.69) is 10.1 Å². The molecule has 2 N–H and O–H groups in total. The van der Waals surface area contributed by atoms with E-state index in [0.717, 1.165) is 0 Å². The summed E-state index contributed by atoms with van der Waals surface area (Å²) >= 11 is 0. The molecule has 0 saturated heterocycles. The zero-order valence-electron chi connectivity index (χ0n) is 8.88. The predicted octanol–water partition coefficient (Wildman–Crippen LogP) is -0.0541. The monoisotopic (exact) mass is 225 g/mol. The van der Waals surface area contributed by atoms with Crippen molar-refractivity contribution in [2.45, 2.75) is 6.54 Å². The molecule has 0 spiro atoms. The molecule has 0 amide bonds. The minimum absolute atomic E-state index is 0.134. The Balaban J connectivity index is 2.79. The average molecular weight is 225 g/mol. The van der Waals surface area contributed by atoms with Crippen LogP contribution in [0.2, 0.25) is 0 Å². The molecule has 1 aromatic heterocycles. The second-order valence-corrected chi connectivity index (χ2v) is 3.09. The van der Waals surface area contributed by atoms with Gasteiger partial charge in [0, 0.05) is 18.0 Å². The predicted molar refractivity (Wildman–Crippen MR) is 56.2 cm³/mol. The summed E-state index contributed by atoms with van der Waals surface area (Å²) in [6.45, 7) is 0.255. The number of aliphatic hydroxyl groups is 1. The number of nitrogens with one attached hydrogen (secondary N) is 1. The van der Waals surface area contributed by atoms with Crippen LogP contribution in [-0.4, -0.2) is 35.4 Å². The minimum Gasteiger partial charge on any atom is -0.491 e. The molecule has 0 aliphatic carbocycles. The quantitative estimate of drug-likeness (QED) is 0.541. The Bertz CT molecular complexity index is 437. The molecule has 0 aromatic carbocycles. The van der Waals surface area contributed by atoms with E-state index >= 15 is 0 Å². The number of nitrogens with zero attached hydrogens (tertiary/aromatic N) is 3. The van der Waals surface area contributed by atoms with Crippen molar-refractivity contribution in [3.63, 3.8) is 0 Å². The van der Waals surface area contributed by atoms with Gasteiger partial charge in [0.1, 0.15) is 13.1 Å². The van der Waals surface area contributed by atoms with Crippen molar-refractivity contribution in [3.05, 3.63) is 33.3 Å². The number of pyridine rings is 1. The Morgan fingerprint density at radius 3 is 2.94 bits per heavy atom. The summed E-state index contributed by atoms with van der Waals surface area (Å²) < 4.78 is 4.81. The SMILES string of the molecule is COc1c[nH]c(CN(CCO)[N+]#N)cc1=O. The van der Waals surface area contributed by atoms with Crippen LogP contribution in [-0.2, 0) is 6.54 Å². The van der Waals surface area contributed by atoms with E-state index in [1.54, 1.807) is 0 Å². The van der Waals surface area contributed by atoms with E-state index in [1.807, 2.05) is 0 Å². The smallest absolute Gasteiger partial charge is 0.305 e. The Labute approximate surface area is 91.9 Å². The van der Waals surface area contributed by atoms with Crippen LogP contribution in [0, 0.1) is 5.39 Å². The molecule has 16 heavy (non-hydrogen) atoms.